The standard InChI is InChI=1S/C20H32BNO3/c1-15-14-16(21-24-19(4,5)20(6,7)25-21)8-9-17(15)18(2,3)22-10-12-23-13-11-22/h8-9,14H,10-13H2,1-7H3. The van der Waals surface area contributed by atoms with Crippen molar-refractivity contribution in [1.29, 1.82) is 0 Å². The smallest absolute Gasteiger partial charge is 0.399 e. The van der Waals surface area contributed by atoms with Crippen LogP contribution in [-0.4, -0.2) is 49.5 Å². The molecule has 0 aliphatic carbocycles. The van der Waals surface area contributed by atoms with Gasteiger partial charge in [-0.05, 0) is 65.1 Å². The van der Waals surface area contributed by atoms with Gasteiger partial charge in [0.1, 0.15) is 0 Å². The number of hydrogen-bond donors (Lipinski definition) is 0. The summed E-state index contributed by atoms with van der Waals surface area (Å²) >= 11 is 0. The van der Waals surface area contributed by atoms with Crippen LogP contribution in [0.4, 0.5) is 0 Å². The molecule has 2 heterocycles. The minimum atomic E-state index is -0.308. The lowest BCUT2D eigenvalue weighted by atomic mass is 9.76. The quantitative estimate of drug-likeness (QED) is 0.789. The summed E-state index contributed by atoms with van der Waals surface area (Å²) in [6, 6.07) is 6.62. The molecule has 0 spiro atoms. The minimum absolute atomic E-state index is 0.0116. The van der Waals surface area contributed by atoms with Gasteiger partial charge in [0.25, 0.3) is 0 Å². The van der Waals surface area contributed by atoms with Crippen LogP contribution >= 0.6 is 0 Å². The summed E-state index contributed by atoms with van der Waals surface area (Å²) in [6.45, 7) is 18.7. The third-order valence-corrected chi connectivity index (χ3v) is 6.24. The van der Waals surface area contributed by atoms with E-state index in [2.05, 4.69) is 71.6 Å². The molecule has 1 aromatic rings. The number of aryl methyl sites for hydroxylation is 1. The van der Waals surface area contributed by atoms with Crippen LogP contribution in [0.2, 0.25) is 0 Å². The first-order valence-electron chi connectivity index (χ1n) is 9.34. The largest absolute Gasteiger partial charge is 0.494 e. The van der Waals surface area contributed by atoms with Crippen LogP contribution in [0.3, 0.4) is 0 Å². The first kappa shape index (κ1) is 18.9. The average molecular weight is 345 g/mol. The van der Waals surface area contributed by atoms with Gasteiger partial charge < -0.3 is 14.0 Å². The normalized spacial score (nSPS) is 23.9. The molecule has 0 radical (unpaired) electrons. The van der Waals surface area contributed by atoms with Crippen molar-refractivity contribution in [2.24, 2.45) is 0 Å². The van der Waals surface area contributed by atoms with E-state index in [1.165, 1.54) is 11.1 Å². The molecule has 2 saturated heterocycles. The van der Waals surface area contributed by atoms with E-state index in [4.69, 9.17) is 14.0 Å². The third kappa shape index (κ3) is 3.40. The van der Waals surface area contributed by atoms with Crippen LogP contribution in [0.25, 0.3) is 0 Å². The summed E-state index contributed by atoms with van der Waals surface area (Å²) < 4.78 is 17.9. The predicted molar refractivity (Wildman–Crippen MR) is 102 cm³/mol. The van der Waals surface area contributed by atoms with Gasteiger partial charge in [0, 0.05) is 18.6 Å². The molecule has 25 heavy (non-hydrogen) atoms. The second-order valence-corrected chi connectivity index (χ2v) is 8.82. The molecule has 0 aromatic heterocycles. The average Bonchev–Trinajstić information content (AvgIpc) is 2.76. The molecule has 0 N–H and O–H groups in total. The van der Waals surface area contributed by atoms with Gasteiger partial charge in [-0.1, -0.05) is 18.2 Å². The Morgan fingerprint density at radius 3 is 2.08 bits per heavy atom. The molecule has 138 valence electrons. The van der Waals surface area contributed by atoms with E-state index in [0.29, 0.717) is 0 Å². The van der Waals surface area contributed by atoms with Crippen molar-refractivity contribution in [1.82, 2.24) is 4.90 Å². The third-order valence-electron chi connectivity index (χ3n) is 6.24. The highest BCUT2D eigenvalue weighted by atomic mass is 16.7. The van der Waals surface area contributed by atoms with E-state index in [1.54, 1.807) is 0 Å². The molecule has 4 nitrogen and oxygen atoms in total. The lowest BCUT2D eigenvalue weighted by Gasteiger charge is -2.42. The highest BCUT2D eigenvalue weighted by molar-refractivity contribution is 6.62. The summed E-state index contributed by atoms with van der Waals surface area (Å²) in [4.78, 5) is 2.51. The summed E-state index contributed by atoms with van der Waals surface area (Å²) in [7, 11) is -0.302. The van der Waals surface area contributed by atoms with Crippen LogP contribution in [0.15, 0.2) is 18.2 Å². The highest BCUT2D eigenvalue weighted by Crippen LogP contribution is 2.37. The minimum Gasteiger partial charge on any atom is -0.399 e. The maximum absolute atomic E-state index is 6.20. The van der Waals surface area contributed by atoms with Crippen molar-refractivity contribution in [3.63, 3.8) is 0 Å². The van der Waals surface area contributed by atoms with Gasteiger partial charge >= 0.3 is 7.12 Å². The second-order valence-electron chi connectivity index (χ2n) is 8.82. The van der Waals surface area contributed by atoms with Crippen molar-refractivity contribution >= 4 is 12.6 Å². The fraction of sp³-hybridized carbons (Fsp3) is 0.700. The molecule has 5 heteroatoms. The molecule has 2 aliphatic rings. The molecule has 0 unspecified atom stereocenters. The zero-order chi connectivity index (χ0) is 18.5. The van der Waals surface area contributed by atoms with Gasteiger partial charge in [0.05, 0.1) is 24.4 Å². The van der Waals surface area contributed by atoms with E-state index >= 15 is 0 Å². The van der Waals surface area contributed by atoms with E-state index in [0.717, 1.165) is 31.8 Å². The lowest BCUT2D eigenvalue weighted by Crippen LogP contribution is -2.48. The fourth-order valence-corrected chi connectivity index (χ4v) is 3.79. The van der Waals surface area contributed by atoms with Gasteiger partial charge in [-0.15, -0.1) is 0 Å². The van der Waals surface area contributed by atoms with Crippen molar-refractivity contribution < 1.29 is 14.0 Å². The number of hydrogen-bond acceptors (Lipinski definition) is 4. The number of morpholine rings is 1. The Bertz CT molecular complexity index is 620. The molecule has 0 saturated carbocycles. The zero-order valence-corrected chi connectivity index (χ0v) is 16.8. The number of ether oxygens (including phenoxy) is 1. The maximum atomic E-state index is 6.20. The first-order valence-corrected chi connectivity index (χ1v) is 9.34. The Morgan fingerprint density at radius 2 is 1.56 bits per heavy atom. The van der Waals surface area contributed by atoms with E-state index in [-0.39, 0.29) is 23.9 Å². The van der Waals surface area contributed by atoms with Crippen molar-refractivity contribution in [3.8, 4) is 0 Å². The molecule has 3 rings (SSSR count). The van der Waals surface area contributed by atoms with Crippen LogP contribution in [0.1, 0.15) is 52.7 Å². The summed E-state index contributed by atoms with van der Waals surface area (Å²) in [6.07, 6.45) is 0. The van der Waals surface area contributed by atoms with Gasteiger partial charge in [0.2, 0.25) is 0 Å². The van der Waals surface area contributed by atoms with Gasteiger partial charge in [-0.25, -0.2) is 0 Å². The summed E-state index contributed by atoms with van der Waals surface area (Å²) in [5.74, 6) is 0. The fourth-order valence-electron chi connectivity index (χ4n) is 3.79. The molecule has 0 amide bonds. The topological polar surface area (TPSA) is 30.9 Å². The van der Waals surface area contributed by atoms with E-state index in [9.17, 15) is 0 Å². The molecule has 0 bridgehead atoms. The lowest BCUT2D eigenvalue weighted by molar-refractivity contribution is -0.0119. The van der Waals surface area contributed by atoms with Gasteiger partial charge in [-0.3, -0.25) is 4.90 Å². The van der Waals surface area contributed by atoms with Crippen LogP contribution in [-0.2, 0) is 19.6 Å². The van der Waals surface area contributed by atoms with Gasteiger partial charge in [-0.2, -0.15) is 0 Å². The van der Waals surface area contributed by atoms with Crippen molar-refractivity contribution in [3.05, 3.63) is 29.3 Å². The number of nitrogens with zero attached hydrogens (tertiary/aromatic N) is 1. The zero-order valence-electron chi connectivity index (χ0n) is 16.8. The number of benzene rings is 1. The monoisotopic (exact) mass is 345 g/mol. The van der Waals surface area contributed by atoms with Crippen LogP contribution < -0.4 is 5.46 Å². The maximum Gasteiger partial charge on any atom is 0.494 e. The first-order chi connectivity index (χ1) is 11.5. The Hall–Kier alpha value is -0.875. The number of rotatable bonds is 3. The summed E-state index contributed by atoms with van der Waals surface area (Å²) in [5, 5.41) is 0. The predicted octanol–water partition coefficient (Wildman–Crippen LogP) is 2.86. The molecule has 0 atom stereocenters. The Balaban J connectivity index is 1.84. The Labute approximate surface area is 153 Å². The Morgan fingerprint density at radius 1 is 1.00 bits per heavy atom. The molecule has 2 aliphatic heterocycles. The van der Waals surface area contributed by atoms with Gasteiger partial charge in [0.15, 0.2) is 0 Å². The molecule has 2 fully saturated rings. The molecular weight excluding hydrogens is 313 g/mol. The second kappa shape index (κ2) is 6.38. The molecule has 1 aromatic carbocycles. The Kier molecular flexibility index (Phi) is 4.82. The van der Waals surface area contributed by atoms with E-state index < -0.39 is 0 Å². The van der Waals surface area contributed by atoms with E-state index in [1.807, 2.05) is 0 Å². The summed E-state index contributed by atoms with van der Waals surface area (Å²) in [5.41, 5.74) is 3.10. The molecular formula is C20H32BNO3. The van der Waals surface area contributed by atoms with Crippen molar-refractivity contribution in [2.45, 2.75) is 65.2 Å². The van der Waals surface area contributed by atoms with Crippen molar-refractivity contribution in [2.75, 3.05) is 26.3 Å². The van der Waals surface area contributed by atoms with Crippen LogP contribution in [0, 0.1) is 6.92 Å². The van der Waals surface area contributed by atoms with Crippen LogP contribution in [0.5, 0.6) is 0 Å². The SMILES string of the molecule is Cc1cc(B2OC(C)(C)C(C)(C)O2)ccc1C(C)(C)N1CCOCC1. The highest BCUT2D eigenvalue weighted by Gasteiger charge is 2.51.